The molecule has 2 amide bonds. The molecule has 1 saturated carbocycles. The van der Waals surface area contributed by atoms with Crippen molar-refractivity contribution < 1.29 is 9.59 Å². The van der Waals surface area contributed by atoms with Gasteiger partial charge in [-0.2, -0.15) is 0 Å². The average Bonchev–Trinajstić information content (AvgIpc) is 3.46. The van der Waals surface area contributed by atoms with Gasteiger partial charge < -0.3 is 15.1 Å². The van der Waals surface area contributed by atoms with Crippen molar-refractivity contribution >= 4 is 33.4 Å². The summed E-state index contributed by atoms with van der Waals surface area (Å²) in [5.74, 6) is 0.280. The van der Waals surface area contributed by atoms with Crippen LogP contribution < -0.4 is 15.1 Å². The lowest BCUT2D eigenvalue weighted by molar-refractivity contribution is -0.125. The van der Waals surface area contributed by atoms with E-state index in [1.54, 1.807) is 4.90 Å². The van der Waals surface area contributed by atoms with Crippen LogP contribution in [0.5, 0.6) is 0 Å². The molecule has 3 heterocycles. The van der Waals surface area contributed by atoms with Crippen LogP contribution in [-0.4, -0.2) is 72.7 Å². The highest BCUT2D eigenvalue weighted by Gasteiger charge is 2.30. The SMILES string of the molecule is CN(CCCNC(=O)[C@@H]1CCCN(c2nnc(N3CCCC3=O)s2)C1)C1CCCCC1. The molecule has 0 unspecified atom stereocenters. The molecule has 2 saturated heterocycles. The smallest absolute Gasteiger partial charge is 0.228 e. The first-order chi connectivity index (χ1) is 15.1. The lowest BCUT2D eigenvalue weighted by atomic mass is 9.94. The van der Waals surface area contributed by atoms with Gasteiger partial charge in [-0.1, -0.05) is 30.6 Å². The van der Waals surface area contributed by atoms with Crippen LogP contribution >= 0.6 is 11.3 Å². The first-order valence-electron chi connectivity index (χ1n) is 12.0. The van der Waals surface area contributed by atoms with Crippen LogP contribution in [0.1, 0.15) is 64.2 Å². The Labute approximate surface area is 189 Å². The fourth-order valence-corrected chi connectivity index (χ4v) is 5.97. The molecule has 9 heteroatoms. The molecular weight excluding hydrogens is 412 g/mol. The number of piperidine rings is 1. The molecule has 8 nitrogen and oxygen atoms in total. The molecule has 31 heavy (non-hydrogen) atoms. The zero-order valence-electron chi connectivity index (χ0n) is 18.7. The molecule has 1 aromatic rings. The van der Waals surface area contributed by atoms with Gasteiger partial charge in [0.1, 0.15) is 0 Å². The first-order valence-corrected chi connectivity index (χ1v) is 12.8. The van der Waals surface area contributed by atoms with Crippen LogP contribution in [0.3, 0.4) is 0 Å². The number of hydrogen-bond acceptors (Lipinski definition) is 7. The van der Waals surface area contributed by atoms with E-state index in [9.17, 15) is 9.59 Å². The molecule has 0 radical (unpaired) electrons. The summed E-state index contributed by atoms with van der Waals surface area (Å²) < 4.78 is 0. The Morgan fingerprint density at radius 3 is 2.68 bits per heavy atom. The van der Waals surface area contributed by atoms with Gasteiger partial charge in [0.05, 0.1) is 5.92 Å². The fourth-order valence-electron chi connectivity index (χ4n) is 5.05. The predicted molar refractivity (Wildman–Crippen MR) is 124 cm³/mol. The predicted octanol–water partition coefficient (Wildman–Crippen LogP) is 2.65. The maximum Gasteiger partial charge on any atom is 0.228 e. The third kappa shape index (κ3) is 5.74. The van der Waals surface area contributed by atoms with Gasteiger partial charge in [-0.15, -0.1) is 10.2 Å². The molecule has 3 aliphatic rings. The minimum atomic E-state index is -0.00871. The van der Waals surface area contributed by atoms with E-state index in [2.05, 4.69) is 32.4 Å². The second-order valence-corrected chi connectivity index (χ2v) is 10.2. The number of amides is 2. The van der Waals surface area contributed by atoms with E-state index in [1.165, 1.54) is 43.4 Å². The van der Waals surface area contributed by atoms with Crippen molar-refractivity contribution in [3.05, 3.63) is 0 Å². The summed E-state index contributed by atoms with van der Waals surface area (Å²) >= 11 is 1.46. The van der Waals surface area contributed by atoms with E-state index in [4.69, 9.17) is 0 Å². The molecule has 1 N–H and O–H groups in total. The second kappa shape index (κ2) is 10.7. The van der Waals surface area contributed by atoms with Crippen molar-refractivity contribution in [1.29, 1.82) is 0 Å². The summed E-state index contributed by atoms with van der Waals surface area (Å²) in [6, 6.07) is 0.726. The van der Waals surface area contributed by atoms with Crippen molar-refractivity contribution in [1.82, 2.24) is 20.4 Å². The maximum absolute atomic E-state index is 12.7. The number of nitrogens with zero attached hydrogens (tertiary/aromatic N) is 5. The van der Waals surface area contributed by atoms with Crippen LogP contribution in [-0.2, 0) is 9.59 Å². The molecular formula is C22H36N6O2S. The van der Waals surface area contributed by atoms with Crippen LogP contribution in [0.4, 0.5) is 10.3 Å². The van der Waals surface area contributed by atoms with Crippen molar-refractivity contribution in [2.75, 3.05) is 49.6 Å². The monoisotopic (exact) mass is 448 g/mol. The topological polar surface area (TPSA) is 81.7 Å². The zero-order valence-corrected chi connectivity index (χ0v) is 19.5. The van der Waals surface area contributed by atoms with Gasteiger partial charge in [-0.25, -0.2) is 0 Å². The summed E-state index contributed by atoms with van der Waals surface area (Å²) in [6.07, 6.45) is 11.1. The molecule has 2 aliphatic heterocycles. The number of aromatic nitrogens is 2. The summed E-state index contributed by atoms with van der Waals surface area (Å²) in [7, 11) is 2.23. The largest absolute Gasteiger partial charge is 0.356 e. The molecule has 1 aromatic heterocycles. The fraction of sp³-hybridized carbons (Fsp3) is 0.818. The lowest BCUT2D eigenvalue weighted by Crippen LogP contribution is -2.43. The van der Waals surface area contributed by atoms with Gasteiger partial charge in [-0.3, -0.25) is 14.5 Å². The minimum Gasteiger partial charge on any atom is -0.356 e. The third-order valence-electron chi connectivity index (χ3n) is 6.96. The molecule has 1 atom stereocenters. The Bertz CT molecular complexity index is 750. The van der Waals surface area contributed by atoms with Crippen LogP contribution in [0.2, 0.25) is 0 Å². The van der Waals surface area contributed by atoms with Gasteiger partial charge in [0.15, 0.2) is 0 Å². The van der Waals surface area contributed by atoms with Gasteiger partial charge in [-0.05, 0) is 52.1 Å². The summed E-state index contributed by atoms with van der Waals surface area (Å²) in [6.45, 7) is 4.08. The van der Waals surface area contributed by atoms with Crippen LogP contribution in [0.25, 0.3) is 0 Å². The Balaban J connectivity index is 1.20. The van der Waals surface area contributed by atoms with E-state index in [-0.39, 0.29) is 17.7 Å². The van der Waals surface area contributed by atoms with E-state index in [1.807, 2.05) is 0 Å². The van der Waals surface area contributed by atoms with Crippen LogP contribution in [0.15, 0.2) is 0 Å². The van der Waals surface area contributed by atoms with Crippen molar-refractivity contribution in [2.45, 2.75) is 70.3 Å². The Kier molecular flexibility index (Phi) is 7.76. The lowest BCUT2D eigenvalue weighted by Gasteiger charge is -2.32. The quantitative estimate of drug-likeness (QED) is 0.616. The third-order valence-corrected chi connectivity index (χ3v) is 7.96. The Morgan fingerprint density at radius 2 is 1.90 bits per heavy atom. The summed E-state index contributed by atoms with van der Waals surface area (Å²) in [4.78, 5) is 31.1. The van der Waals surface area contributed by atoms with Crippen LogP contribution in [0, 0.1) is 5.92 Å². The van der Waals surface area contributed by atoms with Gasteiger partial charge in [0.2, 0.25) is 22.1 Å². The van der Waals surface area contributed by atoms with Gasteiger partial charge >= 0.3 is 0 Å². The zero-order chi connectivity index (χ0) is 21.6. The number of carbonyl (C=O) groups is 2. The van der Waals surface area contributed by atoms with Crippen molar-refractivity contribution in [3.8, 4) is 0 Å². The number of rotatable bonds is 8. The highest BCUT2D eigenvalue weighted by molar-refractivity contribution is 7.19. The number of anilines is 2. The molecule has 0 bridgehead atoms. The van der Waals surface area contributed by atoms with E-state index < -0.39 is 0 Å². The minimum absolute atomic E-state index is 0.00871. The first kappa shape index (κ1) is 22.5. The van der Waals surface area contributed by atoms with E-state index >= 15 is 0 Å². The van der Waals surface area contributed by atoms with Crippen molar-refractivity contribution in [2.24, 2.45) is 5.92 Å². The molecule has 1 aliphatic carbocycles. The highest BCUT2D eigenvalue weighted by atomic mass is 32.1. The number of carbonyl (C=O) groups excluding carboxylic acids is 2. The molecule has 0 spiro atoms. The van der Waals surface area contributed by atoms with E-state index in [0.29, 0.717) is 18.1 Å². The molecule has 3 fully saturated rings. The van der Waals surface area contributed by atoms with Gasteiger partial charge in [0, 0.05) is 38.6 Å². The van der Waals surface area contributed by atoms with Gasteiger partial charge in [0.25, 0.3) is 0 Å². The molecule has 0 aromatic carbocycles. The Hall–Kier alpha value is -1.74. The Morgan fingerprint density at radius 1 is 1.10 bits per heavy atom. The molecule has 4 rings (SSSR count). The average molecular weight is 449 g/mol. The summed E-state index contributed by atoms with van der Waals surface area (Å²) in [5, 5.41) is 13.2. The van der Waals surface area contributed by atoms with E-state index in [0.717, 1.165) is 63.0 Å². The summed E-state index contributed by atoms with van der Waals surface area (Å²) in [5.41, 5.74) is 0. The maximum atomic E-state index is 12.7. The number of nitrogens with one attached hydrogen (secondary N) is 1. The van der Waals surface area contributed by atoms with Crippen molar-refractivity contribution in [3.63, 3.8) is 0 Å². The normalized spacial score (nSPS) is 23.0. The highest BCUT2D eigenvalue weighted by Crippen LogP contribution is 2.32. The molecule has 172 valence electrons. The standard InChI is InChI=1S/C22H36N6O2S/c1-26(18-9-3-2-4-10-18)13-7-12-23-20(30)17-8-5-14-27(16-17)21-24-25-22(31-21)28-15-6-11-19(28)29/h17-18H,2-16H2,1H3,(H,23,30)/t17-/m1/s1. The number of hydrogen-bond donors (Lipinski definition) is 1. The second-order valence-electron chi connectivity index (χ2n) is 9.22.